The van der Waals surface area contributed by atoms with E-state index in [1.54, 1.807) is 0 Å². The fraction of sp³-hybridized carbons (Fsp3) is 0.889. The molecule has 1 saturated heterocycles. The number of rotatable bonds is 2. The van der Waals surface area contributed by atoms with Crippen molar-refractivity contribution >= 4 is 5.78 Å². The molecule has 0 aromatic carbocycles. The average Bonchev–Trinajstić information content (AvgIpc) is 2.23. The molecule has 1 heterocycles. The van der Waals surface area contributed by atoms with E-state index in [2.05, 4.69) is 0 Å². The zero-order valence-corrected chi connectivity index (χ0v) is 8.09. The summed E-state index contributed by atoms with van der Waals surface area (Å²) in [5.41, 5.74) is 0. The maximum atomic E-state index is 11.3. The standard InChI is InChI=1S/C9H16O3/c1-5-7(10)8-6(2)11-9(3,4)12-8/h6,8H,5H2,1-4H3/t6-,8-/m0/s1. The zero-order valence-electron chi connectivity index (χ0n) is 8.09. The van der Waals surface area contributed by atoms with Crippen molar-refractivity contribution < 1.29 is 14.3 Å². The molecule has 0 N–H and O–H groups in total. The van der Waals surface area contributed by atoms with Gasteiger partial charge in [0.1, 0.15) is 6.10 Å². The second-order valence-electron chi connectivity index (χ2n) is 3.58. The van der Waals surface area contributed by atoms with Gasteiger partial charge in [-0.2, -0.15) is 0 Å². The molecule has 1 fully saturated rings. The Hall–Kier alpha value is -0.410. The summed E-state index contributed by atoms with van der Waals surface area (Å²) in [6.07, 6.45) is 0.0199. The number of hydrogen-bond acceptors (Lipinski definition) is 3. The molecule has 0 aromatic heterocycles. The molecule has 0 unspecified atom stereocenters. The molecule has 1 aliphatic heterocycles. The maximum absolute atomic E-state index is 11.3. The molecule has 3 nitrogen and oxygen atoms in total. The maximum Gasteiger partial charge on any atom is 0.164 e. The van der Waals surface area contributed by atoms with Crippen LogP contribution in [0.2, 0.25) is 0 Å². The van der Waals surface area contributed by atoms with Crippen molar-refractivity contribution in [2.24, 2.45) is 0 Å². The minimum Gasteiger partial charge on any atom is -0.344 e. The third-order valence-corrected chi connectivity index (χ3v) is 1.97. The lowest BCUT2D eigenvalue weighted by molar-refractivity contribution is -0.154. The van der Waals surface area contributed by atoms with Crippen LogP contribution in [-0.2, 0) is 14.3 Å². The first-order valence-electron chi connectivity index (χ1n) is 4.34. The highest BCUT2D eigenvalue weighted by molar-refractivity contribution is 5.83. The number of ketones is 1. The Morgan fingerprint density at radius 3 is 2.33 bits per heavy atom. The highest BCUT2D eigenvalue weighted by Crippen LogP contribution is 2.28. The fourth-order valence-corrected chi connectivity index (χ4v) is 1.47. The van der Waals surface area contributed by atoms with Crippen molar-refractivity contribution in [3.8, 4) is 0 Å². The van der Waals surface area contributed by atoms with Gasteiger partial charge in [-0.1, -0.05) is 6.92 Å². The number of carbonyl (C=O) groups is 1. The molecule has 1 aliphatic rings. The smallest absolute Gasteiger partial charge is 0.164 e. The Morgan fingerprint density at radius 1 is 1.42 bits per heavy atom. The molecule has 0 spiro atoms. The summed E-state index contributed by atoms with van der Waals surface area (Å²) in [7, 11) is 0. The Labute approximate surface area is 73.0 Å². The Morgan fingerprint density at radius 2 is 2.00 bits per heavy atom. The van der Waals surface area contributed by atoms with Crippen LogP contribution in [0.15, 0.2) is 0 Å². The van der Waals surface area contributed by atoms with Gasteiger partial charge >= 0.3 is 0 Å². The summed E-state index contributed by atoms with van der Waals surface area (Å²) in [5, 5.41) is 0. The SMILES string of the molecule is CCC(=O)[C@H]1OC(C)(C)O[C@H]1C. The molecule has 0 aliphatic carbocycles. The van der Waals surface area contributed by atoms with E-state index in [9.17, 15) is 4.79 Å². The van der Waals surface area contributed by atoms with Crippen molar-refractivity contribution in [2.45, 2.75) is 52.1 Å². The van der Waals surface area contributed by atoms with Crippen LogP contribution in [-0.4, -0.2) is 23.8 Å². The first-order valence-corrected chi connectivity index (χ1v) is 4.34. The van der Waals surface area contributed by atoms with Gasteiger partial charge in [0.25, 0.3) is 0 Å². The molecular formula is C9H16O3. The van der Waals surface area contributed by atoms with Gasteiger partial charge in [0.15, 0.2) is 11.6 Å². The highest BCUT2D eigenvalue weighted by atomic mass is 16.8. The molecular weight excluding hydrogens is 156 g/mol. The number of carbonyl (C=O) groups excluding carboxylic acids is 1. The quantitative estimate of drug-likeness (QED) is 0.633. The normalized spacial score (nSPS) is 33.7. The Kier molecular flexibility index (Phi) is 2.54. The van der Waals surface area contributed by atoms with Crippen molar-refractivity contribution in [1.82, 2.24) is 0 Å². The van der Waals surface area contributed by atoms with Crippen LogP contribution >= 0.6 is 0 Å². The first kappa shape index (κ1) is 9.68. The van der Waals surface area contributed by atoms with Gasteiger partial charge in [0.2, 0.25) is 0 Å². The van der Waals surface area contributed by atoms with Crippen LogP contribution in [0, 0.1) is 0 Å². The van der Waals surface area contributed by atoms with Crippen molar-refractivity contribution in [3.05, 3.63) is 0 Å². The third-order valence-electron chi connectivity index (χ3n) is 1.97. The van der Waals surface area contributed by atoms with Gasteiger partial charge in [0.05, 0.1) is 6.10 Å². The molecule has 1 rings (SSSR count). The van der Waals surface area contributed by atoms with E-state index < -0.39 is 5.79 Å². The first-order chi connectivity index (χ1) is 5.46. The fourth-order valence-electron chi connectivity index (χ4n) is 1.47. The van der Waals surface area contributed by atoms with Gasteiger partial charge in [-0.3, -0.25) is 4.79 Å². The lowest BCUT2D eigenvalue weighted by Crippen LogP contribution is -2.29. The van der Waals surface area contributed by atoms with E-state index in [4.69, 9.17) is 9.47 Å². The minimum atomic E-state index is -0.602. The second kappa shape index (κ2) is 3.15. The lowest BCUT2D eigenvalue weighted by Gasteiger charge is -2.16. The summed E-state index contributed by atoms with van der Waals surface area (Å²) in [5.74, 6) is -0.484. The van der Waals surface area contributed by atoms with Gasteiger partial charge in [-0.25, -0.2) is 0 Å². The Bertz CT molecular complexity index is 186. The second-order valence-corrected chi connectivity index (χ2v) is 3.58. The van der Waals surface area contributed by atoms with Crippen molar-refractivity contribution in [3.63, 3.8) is 0 Å². The summed E-state index contributed by atoms with van der Waals surface area (Å²) in [4.78, 5) is 11.3. The largest absolute Gasteiger partial charge is 0.344 e. The van der Waals surface area contributed by atoms with Crippen molar-refractivity contribution in [2.75, 3.05) is 0 Å². The number of ether oxygens (including phenoxy) is 2. The van der Waals surface area contributed by atoms with Gasteiger partial charge < -0.3 is 9.47 Å². The molecule has 3 heteroatoms. The molecule has 0 aromatic rings. The predicted octanol–water partition coefficient (Wildman–Crippen LogP) is 1.51. The predicted molar refractivity (Wildman–Crippen MR) is 44.8 cm³/mol. The molecule has 12 heavy (non-hydrogen) atoms. The van der Waals surface area contributed by atoms with Gasteiger partial charge in [-0.15, -0.1) is 0 Å². The average molecular weight is 172 g/mol. The van der Waals surface area contributed by atoms with Gasteiger partial charge in [-0.05, 0) is 20.8 Å². The van der Waals surface area contributed by atoms with Crippen LogP contribution in [0.4, 0.5) is 0 Å². The highest BCUT2D eigenvalue weighted by Gasteiger charge is 2.41. The summed E-state index contributed by atoms with van der Waals surface area (Å²) in [6, 6.07) is 0. The van der Waals surface area contributed by atoms with Crippen LogP contribution < -0.4 is 0 Å². The monoisotopic (exact) mass is 172 g/mol. The zero-order chi connectivity index (χ0) is 9.35. The van der Waals surface area contributed by atoms with Crippen molar-refractivity contribution in [1.29, 1.82) is 0 Å². The summed E-state index contributed by atoms with van der Waals surface area (Å²) >= 11 is 0. The van der Waals surface area contributed by atoms with Gasteiger partial charge in [0, 0.05) is 6.42 Å². The van der Waals surface area contributed by atoms with Crippen LogP contribution in [0.5, 0.6) is 0 Å². The van der Waals surface area contributed by atoms with Crippen LogP contribution in [0.3, 0.4) is 0 Å². The van der Waals surface area contributed by atoms with E-state index in [-0.39, 0.29) is 18.0 Å². The molecule has 0 amide bonds. The number of hydrogen-bond donors (Lipinski definition) is 0. The molecule has 0 bridgehead atoms. The van der Waals surface area contributed by atoms with E-state index >= 15 is 0 Å². The Balaban J connectivity index is 2.64. The van der Waals surface area contributed by atoms with Crippen LogP contribution in [0.25, 0.3) is 0 Å². The van der Waals surface area contributed by atoms with Crippen LogP contribution in [0.1, 0.15) is 34.1 Å². The molecule has 2 atom stereocenters. The molecule has 70 valence electrons. The van der Waals surface area contributed by atoms with E-state index in [1.807, 2.05) is 27.7 Å². The summed E-state index contributed by atoms with van der Waals surface area (Å²) in [6.45, 7) is 7.36. The van der Waals surface area contributed by atoms with E-state index in [0.29, 0.717) is 6.42 Å². The third kappa shape index (κ3) is 1.84. The number of Topliss-reactive ketones (excluding diaryl/α,β-unsaturated/α-hetero) is 1. The topological polar surface area (TPSA) is 35.5 Å². The lowest BCUT2D eigenvalue weighted by atomic mass is 10.1. The summed E-state index contributed by atoms with van der Waals surface area (Å²) < 4.78 is 10.9. The van der Waals surface area contributed by atoms with E-state index in [1.165, 1.54) is 0 Å². The molecule has 0 radical (unpaired) electrons. The molecule has 0 saturated carbocycles. The van der Waals surface area contributed by atoms with E-state index in [0.717, 1.165) is 0 Å². The minimum absolute atomic E-state index is 0.118.